The number of carbonyl (C=O) groups is 1. The Kier molecular flexibility index (Phi) is 5.84. The minimum absolute atomic E-state index is 0.0592. The monoisotopic (exact) mass is 196 g/mol. The van der Waals surface area contributed by atoms with Gasteiger partial charge >= 0.3 is 6.16 Å². The molecule has 1 atom stereocenters. The van der Waals surface area contributed by atoms with Crippen LogP contribution in [0.3, 0.4) is 0 Å². The normalized spacial score (nSPS) is 12.8. The van der Waals surface area contributed by atoms with Gasteiger partial charge in [-0.15, -0.1) is 11.6 Å². The number of ether oxygens (including phenoxy) is 2. The summed E-state index contributed by atoms with van der Waals surface area (Å²) < 4.78 is 9.27. The van der Waals surface area contributed by atoms with E-state index < -0.39 is 12.3 Å². The smallest absolute Gasteiger partial charge is 0.432 e. The third-order valence-electron chi connectivity index (χ3n) is 0.971. The molecule has 0 saturated heterocycles. The molecular weight excluding hydrogens is 184 g/mol. The molecule has 0 radical (unpaired) electrons. The molecule has 0 aliphatic carbocycles. The molecule has 0 aliphatic rings. The van der Waals surface area contributed by atoms with Gasteiger partial charge < -0.3 is 14.6 Å². The van der Waals surface area contributed by atoms with Crippen molar-refractivity contribution >= 4 is 17.8 Å². The zero-order valence-corrected chi connectivity index (χ0v) is 7.87. The fourth-order valence-corrected chi connectivity index (χ4v) is 0.634. The number of carbonyl (C=O) groups excluding carboxylic acids is 1. The van der Waals surface area contributed by atoms with E-state index in [0.717, 1.165) is 0 Å². The predicted octanol–water partition coefficient (Wildman–Crippen LogP) is 1.15. The van der Waals surface area contributed by atoms with Crippen molar-refractivity contribution < 1.29 is 19.4 Å². The number of alkyl halides is 1. The average molecular weight is 197 g/mol. The van der Waals surface area contributed by atoms with Gasteiger partial charge in [0, 0.05) is 0 Å². The van der Waals surface area contributed by atoms with E-state index in [9.17, 15) is 4.79 Å². The van der Waals surface area contributed by atoms with Crippen LogP contribution in [0.2, 0.25) is 0 Å². The number of aliphatic hydroxyl groups is 1. The number of halogens is 1. The summed E-state index contributed by atoms with van der Waals surface area (Å²) >= 11 is 5.36. The molecule has 0 spiro atoms. The Labute approximate surface area is 76.4 Å². The molecule has 72 valence electrons. The average Bonchev–Trinajstić information content (AvgIpc) is 1.98. The van der Waals surface area contributed by atoms with Crippen LogP contribution in [0.25, 0.3) is 0 Å². The van der Waals surface area contributed by atoms with Crippen molar-refractivity contribution in [3.05, 3.63) is 0 Å². The molecule has 1 unspecified atom stereocenters. The SMILES string of the molecule is CC(C)OC(=O)OC(CO)CCl. The molecule has 0 aromatic heterocycles. The van der Waals surface area contributed by atoms with Crippen LogP contribution in [0.15, 0.2) is 0 Å². The molecule has 0 bridgehead atoms. The van der Waals surface area contributed by atoms with Gasteiger partial charge in [0.25, 0.3) is 0 Å². The van der Waals surface area contributed by atoms with Gasteiger partial charge in [-0.25, -0.2) is 4.79 Å². The molecule has 0 saturated carbocycles. The van der Waals surface area contributed by atoms with Crippen LogP contribution in [0.4, 0.5) is 4.79 Å². The Balaban J connectivity index is 3.66. The first-order valence-corrected chi connectivity index (χ1v) is 4.17. The maximum absolute atomic E-state index is 10.8. The Hall–Kier alpha value is -0.480. The van der Waals surface area contributed by atoms with Gasteiger partial charge in [-0.2, -0.15) is 0 Å². The highest BCUT2D eigenvalue weighted by Gasteiger charge is 2.14. The second-order valence-corrected chi connectivity index (χ2v) is 2.80. The molecule has 5 heteroatoms. The molecule has 12 heavy (non-hydrogen) atoms. The molecule has 0 fully saturated rings. The van der Waals surface area contributed by atoms with Crippen LogP contribution >= 0.6 is 11.6 Å². The lowest BCUT2D eigenvalue weighted by Crippen LogP contribution is -2.25. The number of hydrogen-bond acceptors (Lipinski definition) is 4. The van der Waals surface area contributed by atoms with Crippen molar-refractivity contribution in [1.82, 2.24) is 0 Å². The fraction of sp³-hybridized carbons (Fsp3) is 0.857. The Morgan fingerprint density at radius 3 is 2.42 bits per heavy atom. The lowest BCUT2D eigenvalue weighted by Gasteiger charge is -2.13. The summed E-state index contributed by atoms with van der Waals surface area (Å²) in [4.78, 5) is 10.8. The minimum atomic E-state index is -0.801. The van der Waals surface area contributed by atoms with E-state index in [-0.39, 0.29) is 18.6 Å². The highest BCUT2D eigenvalue weighted by molar-refractivity contribution is 6.18. The molecule has 0 rings (SSSR count). The lowest BCUT2D eigenvalue weighted by molar-refractivity contribution is -0.00266. The number of rotatable bonds is 4. The van der Waals surface area contributed by atoms with Gasteiger partial charge in [-0.1, -0.05) is 0 Å². The summed E-state index contributed by atoms with van der Waals surface area (Å²) in [6.45, 7) is 3.11. The summed E-state index contributed by atoms with van der Waals surface area (Å²) in [5.74, 6) is 0.0592. The zero-order valence-electron chi connectivity index (χ0n) is 7.12. The molecule has 0 aliphatic heterocycles. The first-order chi connectivity index (χ1) is 5.60. The van der Waals surface area contributed by atoms with E-state index in [4.69, 9.17) is 16.7 Å². The predicted molar refractivity (Wildman–Crippen MR) is 44.3 cm³/mol. The van der Waals surface area contributed by atoms with Crippen LogP contribution in [0, 0.1) is 0 Å². The van der Waals surface area contributed by atoms with Crippen LogP contribution in [0.1, 0.15) is 13.8 Å². The summed E-state index contributed by atoms with van der Waals surface area (Å²) in [6, 6.07) is 0. The molecule has 0 aromatic carbocycles. The van der Waals surface area contributed by atoms with Crippen molar-refractivity contribution in [1.29, 1.82) is 0 Å². The molecule has 0 amide bonds. The van der Waals surface area contributed by atoms with E-state index in [1.165, 1.54) is 0 Å². The van der Waals surface area contributed by atoms with Gasteiger partial charge in [0.05, 0.1) is 18.6 Å². The third kappa shape index (κ3) is 5.21. The molecule has 1 N–H and O–H groups in total. The van der Waals surface area contributed by atoms with Crippen LogP contribution in [0.5, 0.6) is 0 Å². The third-order valence-corrected chi connectivity index (χ3v) is 1.31. The summed E-state index contributed by atoms with van der Waals surface area (Å²) in [5.41, 5.74) is 0. The standard InChI is InChI=1S/C7H13ClO4/c1-5(2)11-7(10)12-6(3-8)4-9/h5-6,9H,3-4H2,1-2H3. The largest absolute Gasteiger partial charge is 0.508 e. The zero-order chi connectivity index (χ0) is 9.56. The lowest BCUT2D eigenvalue weighted by atomic mass is 10.4. The van der Waals surface area contributed by atoms with Crippen LogP contribution < -0.4 is 0 Å². The minimum Gasteiger partial charge on any atom is -0.432 e. The second kappa shape index (κ2) is 6.08. The Morgan fingerprint density at radius 2 is 2.08 bits per heavy atom. The van der Waals surface area contributed by atoms with Crippen molar-refractivity contribution in [3.63, 3.8) is 0 Å². The first kappa shape index (κ1) is 11.5. The highest BCUT2D eigenvalue weighted by atomic mass is 35.5. The van der Waals surface area contributed by atoms with Gasteiger partial charge in [0.2, 0.25) is 0 Å². The van der Waals surface area contributed by atoms with E-state index >= 15 is 0 Å². The molecular formula is C7H13ClO4. The van der Waals surface area contributed by atoms with Crippen molar-refractivity contribution in [3.8, 4) is 0 Å². The maximum Gasteiger partial charge on any atom is 0.508 e. The van der Waals surface area contributed by atoms with Crippen molar-refractivity contribution in [2.45, 2.75) is 26.1 Å². The van der Waals surface area contributed by atoms with E-state index in [1.54, 1.807) is 13.8 Å². The highest BCUT2D eigenvalue weighted by Crippen LogP contribution is 1.99. The van der Waals surface area contributed by atoms with Crippen LogP contribution in [-0.4, -0.2) is 36.0 Å². The molecule has 0 aromatic rings. The van der Waals surface area contributed by atoms with Gasteiger partial charge in [-0.05, 0) is 13.8 Å². The second-order valence-electron chi connectivity index (χ2n) is 2.49. The molecule has 0 heterocycles. The maximum atomic E-state index is 10.8. The summed E-state index contributed by atoms with van der Waals surface area (Å²) in [6.07, 6.45) is -1.71. The quantitative estimate of drug-likeness (QED) is 0.541. The van der Waals surface area contributed by atoms with E-state index in [1.807, 2.05) is 0 Å². The first-order valence-electron chi connectivity index (χ1n) is 3.64. The van der Waals surface area contributed by atoms with E-state index in [2.05, 4.69) is 9.47 Å². The van der Waals surface area contributed by atoms with Gasteiger partial charge in [0.1, 0.15) is 6.10 Å². The number of aliphatic hydroxyl groups excluding tert-OH is 1. The topological polar surface area (TPSA) is 55.8 Å². The van der Waals surface area contributed by atoms with Crippen molar-refractivity contribution in [2.75, 3.05) is 12.5 Å². The molecule has 4 nitrogen and oxygen atoms in total. The van der Waals surface area contributed by atoms with Gasteiger partial charge in [-0.3, -0.25) is 0 Å². The fourth-order valence-electron chi connectivity index (χ4n) is 0.474. The Morgan fingerprint density at radius 1 is 1.50 bits per heavy atom. The van der Waals surface area contributed by atoms with Gasteiger partial charge in [0.15, 0.2) is 0 Å². The van der Waals surface area contributed by atoms with E-state index in [0.29, 0.717) is 0 Å². The van der Waals surface area contributed by atoms with Crippen molar-refractivity contribution in [2.24, 2.45) is 0 Å². The Bertz CT molecular complexity index is 133. The summed E-state index contributed by atoms with van der Waals surface area (Å²) in [5, 5.41) is 8.59. The summed E-state index contributed by atoms with van der Waals surface area (Å²) in [7, 11) is 0. The number of hydrogen-bond donors (Lipinski definition) is 1. The van der Waals surface area contributed by atoms with Crippen LogP contribution in [-0.2, 0) is 9.47 Å².